The molecule has 0 bridgehead atoms. The number of amides is 1. The van der Waals surface area contributed by atoms with Crippen molar-refractivity contribution in [3.63, 3.8) is 0 Å². The predicted molar refractivity (Wildman–Crippen MR) is 71.0 cm³/mol. The molecule has 0 radical (unpaired) electrons. The molecule has 1 fully saturated rings. The van der Waals surface area contributed by atoms with Crippen molar-refractivity contribution in [1.29, 1.82) is 0 Å². The van der Waals surface area contributed by atoms with Crippen LogP contribution in [0.25, 0.3) is 0 Å². The first-order chi connectivity index (χ1) is 9.49. The molecule has 1 amide bonds. The Kier molecular flexibility index (Phi) is 4.54. The van der Waals surface area contributed by atoms with Gasteiger partial charge in [-0.1, -0.05) is 6.07 Å². The van der Waals surface area contributed by atoms with Gasteiger partial charge in [0.2, 0.25) is 0 Å². The van der Waals surface area contributed by atoms with Gasteiger partial charge in [0.15, 0.2) is 0 Å². The Bertz CT molecular complexity index is 482. The number of hydrogen-bond acceptors (Lipinski definition) is 3. The minimum Gasteiger partial charge on any atom is -0.435 e. The molecule has 2 unspecified atom stereocenters. The molecule has 0 aliphatic carbocycles. The van der Waals surface area contributed by atoms with Crippen LogP contribution in [0.2, 0.25) is 0 Å². The number of halogens is 2. The first-order valence-corrected chi connectivity index (χ1v) is 6.58. The summed E-state index contributed by atoms with van der Waals surface area (Å²) in [6.45, 7) is 2.42. The fourth-order valence-corrected chi connectivity index (χ4v) is 2.31. The molecule has 1 aromatic carbocycles. The summed E-state index contributed by atoms with van der Waals surface area (Å²) in [4.78, 5) is 14.2. The fraction of sp³-hybridized carbons (Fsp3) is 0.500. The number of hydrogen-bond donors (Lipinski definition) is 1. The SMILES string of the molecule is CC1NCCN(C(=O)c2cccc(OC(F)F)c2)C1C. The number of alkyl halides is 2. The molecular formula is C14H18F2N2O2. The highest BCUT2D eigenvalue weighted by atomic mass is 19.3. The van der Waals surface area contributed by atoms with Gasteiger partial charge >= 0.3 is 6.61 Å². The van der Waals surface area contributed by atoms with Crippen LogP contribution in [-0.2, 0) is 0 Å². The van der Waals surface area contributed by atoms with Gasteiger partial charge in [-0.25, -0.2) is 0 Å². The number of ether oxygens (including phenoxy) is 1. The summed E-state index contributed by atoms with van der Waals surface area (Å²) in [5, 5.41) is 3.29. The van der Waals surface area contributed by atoms with Crippen LogP contribution in [0.3, 0.4) is 0 Å². The minimum atomic E-state index is -2.89. The van der Waals surface area contributed by atoms with Crippen LogP contribution in [-0.4, -0.2) is 42.6 Å². The second kappa shape index (κ2) is 6.17. The second-order valence-corrected chi connectivity index (χ2v) is 4.89. The maximum atomic E-state index is 12.4. The molecule has 0 aromatic heterocycles. The number of nitrogens with one attached hydrogen (secondary N) is 1. The third-order valence-electron chi connectivity index (χ3n) is 3.60. The largest absolute Gasteiger partial charge is 0.435 e. The van der Waals surface area contributed by atoms with Crippen LogP contribution < -0.4 is 10.1 Å². The van der Waals surface area contributed by atoms with Gasteiger partial charge in [-0.3, -0.25) is 4.79 Å². The molecule has 1 aliphatic rings. The first kappa shape index (κ1) is 14.7. The van der Waals surface area contributed by atoms with Crippen molar-refractivity contribution < 1.29 is 18.3 Å². The maximum absolute atomic E-state index is 12.4. The molecule has 2 atom stereocenters. The Morgan fingerprint density at radius 1 is 1.45 bits per heavy atom. The quantitative estimate of drug-likeness (QED) is 0.924. The molecule has 20 heavy (non-hydrogen) atoms. The van der Waals surface area contributed by atoms with E-state index >= 15 is 0 Å². The van der Waals surface area contributed by atoms with E-state index in [2.05, 4.69) is 10.1 Å². The molecule has 1 aliphatic heterocycles. The second-order valence-electron chi connectivity index (χ2n) is 4.89. The Balaban J connectivity index is 2.16. The van der Waals surface area contributed by atoms with Crippen LogP contribution in [0.4, 0.5) is 8.78 Å². The summed E-state index contributed by atoms with van der Waals surface area (Å²) in [5.74, 6) is -0.160. The molecule has 4 nitrogen and oxygen atoms in total. The van der Waals surface area contributed by atoms with Crippen molar-refractivity contribution in [2.45, 2.75) is 32.5 Å². The lowest BCUT2D eigenvalue weighted by Crippen LogP contribution is -2.57. The highest BCUT2D eigenvalue weighted by Crippen LogP contribution is 2.19. The van der Waals surface area contributed by atoms with Crippen LogP contribution >= 0.6 is 0 Å². The van der Waals surface area contributed by atoms with Crippen molar-refractivity contribution in [3.8, 4) is 5.75 Å². The number of rotatable bonds is 3. The standard InChI is InChI=1S/C14H18F2N2O2/c1-9-10(2)18(7-6-17-9)13(19)11-4-3-5-12(8-11)20-14(15)16/h3-5,8-10,14,17H,6-7H2,1-2H3. The Hall–Kier alpha value is -1.69. The summed E-state index contributed by atoms with van der Waals surface area (Å²) in [6, 6.07) is 6.17. The van der Waals surface area contributed by atoms with Crippen molar-refractivity contribution in [3.05, 3.63) is 29.8 Å². The summed E-state index contributed by atoms with van der Waals surface area (Å²) in [6.07, 6.45) is 0. The minimum absolute atomic E-state index is 0.00156. The lowest BCUT2D eigenvalue weighted by Gasteiger charge is -2.38. The van der Waals surface area contributed by atoms with Crippen LogP contribution in [0.5, 0.6) is 5.75 Å². The normalized spacial score (nSPS) is 22.9. The van der Waals surface area contributed by atoms with Crippen molar-refractivity contribution in [2.24, 2.45) is 0 Å². The van der Waals surface area contributed by atoms with E-state index in [0.717, 1.165) is 6.54 Å². The molecule has 1 heterocycles. The number of nitrogens with zero attached hydrogens (tertiary/aromatic N) is 1. The average molecular weight is 284 g/mol. The van der Waals surface area contributed by atoms with Crippen LogP contribution in [0, 0.1) is 0 Å². The number of carbonyl (C=O) groups excluding carboxylic acids is 1. The number of benzene rings is 1. The van der Waals surface area contributed by atoms with E-state index in [-0.39, 0.29) is 23.7 Å². The summed E-state index contributed by atoms with van der Waals surface area (Å²) in [5.41, 5.74) is 0.365. The zero-order valence-corrected chi connectivity index (χ0v) is 11.5. The first-order valence-electron chi connectivity index (χ1n) is 6.58. The van der Waals surface area contributed by atoms with E-state index in [1.165, 1.54) is 12.1 Å². The number of piperazine rings is 1. The van der Waals surface area contributed by atoms with E-state index in [4.69, 9.17) is 0 Å². The van der Waals surface area contributed by atoms with Gasteiger partial charge in [-0.2, -0.15) is 8.78 Å². The zero-order valence-electron chi connectivity index (χ0n) is 11.5. The van der Waals surface area contributed by atoms with Crippen molar-refractivity contribution in [2.75, 3.05) is 13.1 Å². The van der Waals surface area contributed by atoms with E-state index < -0.39 is 6.61 Å². The van der Waals surface area contributed by atoms with Crippen molar-refractivity contribution >= 4 is 5.91 Å². The molecule has 1 aromatic rings. The smallest absolute Gasteiger partial charge is 0.387 e. The topological polar surface area (TPSA) is 41.6 Å². The van der Waals surface area contributed by atoms with Gasteiger partial charge in [-0.15, -0.1) is 0 Å². The molecule has 1 saturated heterocycles. The van der Waals surface area contributed by atoms with Gasteiger partial charge in [0.25, 0.3) is 5.91 Å². The third kappa shape index (κ3) is 3.25. The van der Waals surface area contributed by atoms with Crippen LogP contribution in [0.1, 0.15) is 24.2 Å². The highest BCUT2D eigenvalue weighted by molar-refractivity contribution is 5.95. The molecular weight excluding hydrogens is 266 g/mol. The third-order valence-corrected chi connectivity index (χ3v) is 3.60. The molecule has 0 spiro atoms. The highest BCUT2D eigenvalue weighted by Gasteiger charge is 2.28. The molecule has 1 N–H and O–H groups in total. The summed E-state index contributed by atoms with van der Waals surface area (Å²) in [7, 11) is 0. The number of carbonyl (C=O) groups is 1. The Labute approximate surface area is 116 Å². The van der Waals surface area contributed by atoms with Crippen LogP contribution in [0.15, 0.2) is 24.3 Å². The zero-order chi connectivity index (χ0) is 14.7. The predicted octanol–water partition coefficient (Wildman–Crippen LogP) is 2.11. The lowest BCUT2D eigenvalue weighted by atomic mass is 10.1. The van der Waals surface area contributed by atoms with Gasteiger partial charge < -0.3 is 15.0 Å². The Morgan fingerprint density at radius 2 is 2.20 bits per heavy atom. The molecule has 0 saturated carbocycles. The van der Waals surface area contributed by atoms with Gasteiger partial charge in [0.1, 0.15) is 5.75 Å². The monoisotopic (exact) mass is 284 g/mol. The molecule has 110 valence electrons. The average Bonchev–Trinajstić information content (AvgIpc) is 2.41. The summed E-state index contributed by atoms with van der Waals surface area (Å²) < 4.78 is 28.7. The van der Waals surface area contributed by atoms with Crippen molar-refractivity contribution in [1.82, 2.24) is 10.2 Å². The van der Waals surface area contributed by atoms with E-state index in [9.17, 15) is 13.6 Å². The molecule has 6 heteroatoms. The maximum Gasteiger partial charge on any atom is 0.387 e. The lowest BCUT2D eigenvalue weighted by molar-refractivity contribution is -0.0499. The summed E-state index contributed by atoms with van der Waals surface area (Å²) >= 11 is 0. The van der Waals surface area contributed by atoms with Gasteiger partial charge in [0, 0.05) is 30.7 Å². The Morgan fingerprint density at radius 3 is 2.90 bits per heavy atom. The van der Waals surface area contributed by atoms with Gasteiger partial charge in [0.05, 0.1) is 0 Å². The van der Waals surface area contributed by atoms with E-state index in [1.807, 2.05) is 13.8 Å². The van der Waals surface area contributed by atoms with E-state index in [1.54, 1.807) is 17.0 Å². The fourth-order valence-electron chi connectivity index (χ4n) is 2.31. The van der Waals surface area contributed by atoms with E-state index in [0.29, 0.717) is 12.1 Å². The molecule has 2 rings (SSSR count). The van der Waals surface area contributed by atoms with Gasteiger partial charge in [-0.05, 0) is 32.0 Å².